The average Bonchev–Trinajstić information content (AvgIpc) is 3.21. The molecule has 0 unspecified atom stereocenters. The largest absolute Gasteiger partial charge is 0.356 e. The number of carbonyl (C=O) groups excluding carboxylic acids is 2. The van der Waals surface area contributed by atoms with Crippen LogP contribution >= 0.6 is 11.6 Å². The second kappa shape index (κ2) is 8.57. The van der Waals surface area contributed by atoms with Crippen molar-refractivity contribution in [2.45, 2.75) is 39.3 Å². The highest BCUT2D eigenvalue weighted by atomic mass is 35.5. The van der Waals surface area contributed by atoms with Gasteiger partial charge in [0.25, 0.3) is 0 Å². The Bertz CT molecular complexity index is 820. The highest BCUT2D eigenvalue weighted by Gasteiger charge is 2.44. The molecule has 1 fully saturated rings. The van der Waals surface area contributed by atoms with Gasteiger partial charge in [-0.2, -0.15) is 0 Å². The smallest absolute Gasteiger partial charge is 0.226 e. The summed E-state index contributed by atoms with van der Waals surface area (Å²) < 4.78 is 2.05. The van der Waals surface area contributed by atoms with Crippen LogP contribution in [0.25, 0.3) is 0 Å². The van der Waals surface area contributed by atoms with Crippen molar-refractivity contribution in [2.75, 3.05) is 13.1 Å². The molecule has 2 amide bonds. The summed E-state index contributed by atoms with van der Waals surface area (Å²) in [7, 11) is 0. The molecular formula is C20H25ClN4O2. The normalized spacial score (nSPS) is 19.5. The van der Waals surface area contributed by atoms with Crippen LogP contribution in [0.4, 0.5) is 0 Å². The maximum Gasteiger partial charge on any atom is 0.226 e. The quantitative estimate of drug-likeness (QED) is 0.741. The summed E-state index contributed by atoms with van der Waals surface area (Å²) in [5.41, 5.74) is 0.834. The number of aryl methyl sites for hydroxylation is 2. The molecule has 1 aliphatic heterocycles. The van der Waals surface area contributed by atoms with Gasteiger partial charge in [0.1, 0.15) is 5.82 Å². The lowest BCUT2D eigenvalue weighted by Gasteiger charge is -2.28. The SMILES string of the molecule is CCN1C(=O)C[C@@H](C(=O)NCCCn2ccnc2C)[C@@H]1c1ccccc1Cl. The molecule has 0 aliphatic carbocycles. The number of nitrogens with zero attached hydrogens (tertiary/aromatic N) is 3. The van der Waals surface area contributed by atoms with Crippen LogP contribution in [-0.4, -0.2) is 39.4 Å². The van der Waals surface area contributed by atoms with Crippen molar-refractivity contribution in [2.24, 2.45) is 5.92 Å². The van der Waals surface area contributed by atoms with Gasteiger partial charge in [-0.25, -0.2) is 4.98 Å². The summed E-state index contributed by atoms with van der Waals surface area (Å²) in [5.74, 6) is 0.440. The third kappa shape index (κ3) is 4.16. The van der Waals surface area contributed by atoms with E-state index in [1.165, 1.54) is 0 Å². The van der Waals surface area contributed by atoms with Crippen molar-refractivity contribution in [3.63, 3.8) is 0 Å². The fourth-order valence-corrected chi connectivity index (χ4v) is 3.98. The lowest BCUT2D eigenvalue weighted by Crippen LogP contribution is -2.36. The summed E-state index contributed by atoms with van der Waals surface area (Å²) in [6, 6.07) is 7.13. The molecule has 0 spiro atoms. The summed E-state index contributed by atoms with van der Waals surface area (Å²) in [6.07, 6.45) is 4.72. The van der Waals surface area contributed by atoms with Crippen LogP contribution in [0, 0.1) is 12.8 Å². The summed E-state index contributed by atoms with van der Waals surface area (Å²) in [6.45, 7) is 5.79. The predicted molar refractivity (Wildman–Crippen MR) is 104 cm³/mol. The molecule has 2 atom stereocenters. The number of amides is 2. The van der Waals surface area contributed by atoms with Crippen molar-refractivity contribution in [1.29, 1.82) is 0 Å². The van der Waals surface area contributed by atoms with Crippen molar-refractivity contribution in [3.05, 3.63) is 53.1 Å². The van der Waals surface area contributed by atoms with Crippen LogP contribution in [0.15, 0.2) is 36.7 Å². The van der Waals surface area contributed by atoms with Crippen LogP contribution in [0.2, 0.25) is 5.02 Å². The van der Waals surface area contributed by atoms with E-state index in [-0.39, 0.29) is 24.3 Å². The molecule has 1 aromatic heterocycles. The van der Waals surface area contributed by atoms with E-state index in [4.69, 9.17) is 11.6 Å². The predicted octanol–water partition coefficient (Wildman–Crippen LogP) is 2.96. The van der Waals surface area contributed by atoms with E-state index in [0.29, 0.717) is 18.1 Å². The number of imidazole rings is 1. The third-order valence-corrected chi connectivity index (χ3v) is 5.48. The molecule has 6 nitrogen and oxygen atoms in total. The van der Waals surface area contributed by atoms with E-state index in [1.807, 2.05) is 38.2 Å². The molecule has 7 heteroatoms. The molecule has 0 radical (unpaired) electrons. The summed E-state index contributed by atoms with van der Waals surface area (Å²) in [5, 5.41) is 3.58. The van der Waals surface area contributed by atoms with Gasteiger partial charge in [-0.05, 0) is 31.9 Å². The number of hydrogen-bond acceptors (Lipinski definition) is 3. The van der Waals surface area contributed by atoms with Gasteiger partial charge < -0.3 is 14.8 Å². The molecule has 1 aliphatic rings. The lowest BCUT2D eigenvalue weighted by molar-refractivity contribution is -0.129. The zero-order chi connectivity index (χ0) is 19.4. The van der Waals surface area contributed by atoms with Gasteiger partial charge in [-0.3, -0.25) is 9.59 Å². The van der Waals surface area contributed by atoms with E-state index in [0.717, 1.165) is 24.4 Å². The average molecular weight is 389 g/mol. The number of benzene rings is 1. The first kappa shape index (κ1) is 19.4. The monoisotopic (exact) mass is 388 g/mol. The molecule has 27 heavy (non-hydrogen) atoms. The fourth-order valence-electron chi connectivity index (χ4n) is 3.73. The van der Waals surface area contributed by atoms with Crippen LogP contribution in [-0.2, 0) is 16.1 Å². The molecule has 0 bridgehead atoms. The Morgan fingerprint density at radius 1 is 1.37 bits per heavy atom. The van der Waals surface area contributed by atoms with Gasteiger partial charge in [0.05, 0.1) is 12.0 Å². The van der Waals surface area contributed by atoms with Crippen molar-refractivity contribution in [1.82, 2.24) is 19.8 Å². The molecule has 144 valence electrons. The van der Waals surface area contributed by atoms with Crippen molar-refractivity contribution in [3.8, 4) is 0 Å². The van der Waals surface area contributed by atoms with Gasteiger partial charge in [0.2, 0.25) is 11.8 Å². The Morgan fingerprint density at radius 3 is 2.81 bits per heavy atom. The first-order valence-corrected chi connectivity index (χ1v) is 9.70. The Labute approximate surface area is 164 Å². The number of aromatic nitrogens is 2. The first-order chi connectivity index (χ1) is 13.0. The van der Waals surface area contributed by atoms with Crippen molar-refractivity contribution < 1.29 is 9.59 Å². The van der Waals surface area contributed by atoms with Gasteiger partial charge in [0.15, 0.2) is 0 Å². The minimum Gasteiger partial charge on any atom is -0.356 e. The maximum atomic E-state index is 12.8. The molecule has 1 aromatic carbocycles. The number of halogens is 1. The topological polar surface area (TPSA) is 67.2 Å². The number of likely N-dealkylation sites (tertiary alicyclic amines) is 1. The highest BCUT2D eigenvalue weighted by Crippen LogP contribution is 2.40. The van der Waals surface area contributed by atoms with E-state index < -0.39 is 5.92 Å². The zero-order valence-corrected chi connectivity index (χ0v) is 16.4. The minimum atomic E-state index is -0.424. The van der Waals surface area contributed by atoms with Crippen LogP contribution < -0.4 is 5.32 Å². The lowest BCUT2D eigenvalue weighted by atomic mass is 9.92. The van der Waals surface area contributed by atoms with E-state index >= 15 is 0 Å². The Morgan fingerprint density at radius 2 is 2.15 bits per heavy atom. The maximum absolute atomic E-state index is 12.8. The standard InChI is InChI=1S/C20H25ClN4O2/c1-3-25-18(26)13-16(19(25)15-7-4-5-8-17(15)21)20(27)23-9-6-11-24-12-10-22-14(24)2/h4-5,7-8,10,12,16,19H,3,6,9,11,13H2,1-2H3,(H,23,27)/t16-,19+/m1/s1. The van der Waals surface area contributed by atoms with Crippen LogP contribution in [0.1, 0.15) is 37.2 Å². The number of nitrogens with one attached hydrogen (secondary N) is 1. The second-order valence-corrected chi connectivity index (χ2v) is 7.18. The third-order valence-electron chi connectivity index (χ3n) is 5.13. The molecule has 3 rings (SSSR count). The van der Waals surface area contributed by atoms with Crippen LogP contribution in [0.3, 0.4) is 0 Å². The van der Waals surface area contributed by atoms with Gasteiger partial charge >= 0.3 is 0 Å². The molecule has 0 saturated carbocycles. The van der Waals surface area contributed by atoms with E-state index in [2.05, 4.69) is 14.9 Å². The van der Waals surface area contributed by atoms with E-state index in [1.54, 1.807) is 17.2 Å². The Kier molecular flexibility index (Phi) is 6.16. The summed E-state index contributed by atoms with van der Waals surface area (Å²) in [4.78, 5) is 31.2. The Balaban J connectivity index is 1.66. The number of rotatable bonds is 7. The first-order valence-electron chi connectivity index (χ1n) is 9.32. The molecular weight excluding hydrogens is 364 g/mol. The van der Waals surface area contributed by atoms with Gasteiger partial charge in [-0.1, -0.05) is 29.8 Å². The summed E-state index contributed by atoms with van der Waals surface area (Å²) >= 11 is 6.36. The fraction of sp³-hybridized carbons (Fsp3) is 0.450. The second-order valence-electron chi connectivity index (χ2n) is 6.77. The highest BCUT2D eigenvalue weighted by molar-refractivity contribution is 6.31. The molecule has 1 N–H and O–H groups in total. The van der Waals surface area contributed by atoms with Crippen LogP contribution in [0.5, 0.6) is 0 Å². The number of hydrogen-bond donors (Lipinski definition) is 1. The van der Waals surface area contributed by atoms with Gasteiger partial charge in [0, 0.05) is 43.5 Å². The number of carbonyl (C=O) groups is 2. The molecule has 2 aromatic rings. The molecule has 1 saturated heterocycles. The molecule has 2 heterocycles. The van der Waals surface area contributed by atoms with Gasteiger partial charge in [-0.15, -0.1) is 0 Å². The zero-order valence-electron chi connectivity index (χ0n) is 15.7. The Hall–Kier alpha value is -2.34. The minimum absolute atomic E-state index is 0.00314. The van der Waals surface area contributed by atoms with E-state index in [9.17, 15) is 9.59 Å². The van der Waals surface area contributed by atoms with Crippen molar-refractivity contribution >= 4 is 23.4 Å².